The molecule has 1 unspecified atom stereocenters. The molecule has 2 N–H and O–H groups in total. The summed E-state index contributed by atoms with van der Waals surface area (Å²) in [5.74, 6) is -1.76. The Kier molecular flexibility index (Phi) is 8.00. The molecule has 11 atom stereocenters. The Morgan fingerprint density at radius 1 is 1.07 bits per heavy atom. The van der Waals surface area contributed by atoms with Crippen molar-refractivity contribution in [1.82, 2.24) is 0 Å². The molecule has 0 saturated carbocycles. The molecule has 4 aliphatic heterocycles. The first kappa shape index (κ1) is 29.1. The lowest BCUT2D eigenvalue weighted by molar-refractivity contribution is -0.364. The van der Waals surface area contributed by atoms with Gasteiger partial charge in [0, 0.05) is 18.9 Å². The van der Waals surface area contributed by atoms with Crippen molar-refractivity contribution in [3.8, 4) is 11.5 Å². The summed E-state index contributed by atoms with van der Waals surface area (Å²) in [4.78, 5) is 25.9. The summed E-state index contributed by atoms with van der Waals surface area (Å²) in [6.07, 6.45) is -4.52. The number of ether oxygens (including phenoxy) is 9. The quantitative estimate of drug-likeness (QED) is 0.190. The Labute approximate surface area is 241 Å². The molecule has 0 aromatic heterocycles. The first-order valence-electron chi connectivity index (χ1n) is 13.7. The number of benzene rings is 1. The Balaban J connectivity index is 1.35. The number of allylic oxidation sites excluding steroid dienone is 1. The molecule has 0 spiro atoms. The molecule has 0 amide bonds. The van der Waals surface area contributed by atoms with Gasteiger partial charge in [-0.1, -0.05) is 18.7 Å². The zero-order valence-electron chi connectivity index (χ0n) is 23.4. The number of ketones is 1. The molecular formula is C29H34O13. The molecule has 4 heterocycles. The van der Waals surface area contributed by atoms with E-state index < -0.39 is 78.7 Å². The molecule has 13 heteroatoms. The highest BCUT2D eigenvalue weighted by molar-refractivity contribution is 5.97. The highest BCUT2D eigenvalue weighted by Gasteiger charge is 2.55. The van der Waals surface area contributed by atoms with Gasteiger partial charge in [0.1, 0.15) is 30.5 Å². The van der Waals surface area contributed by atoms with Crippen LogP contribution in [0.3, 0.4) is 0 Å². The summed E-state index contributed by atoms with van der Waals surface area (Å²) in [5, 5.41) is 21.9. The van der Waals surface area contributed by atoms with Gasteiger partial charge in [-0.05, 0) is 30.2 Å². The minimum absolute atomic E-state index is 0.0245. The third-order valence-electron chi connectivity index (χ3n) is 8.46. The topological polar surface area (TPSA) is 158 Å². The summed E-state index contributed by atoms with van der Waals surface area (Å²) < 4.78 is 50.8. The summed E-state index contributed by atoms with van der Waals surface area (Å²) in [6.45, 7) is 5.52. The van der Waals surface area contributed by atoms with E-state index in [9.17, 15) is 19.8 Å². The summed E-state index contributed by atoms with van der Waals surface area (Å²) in [5.41, 5.74) is 1.34. The van der Waals surface area contributed by atoms with Crippen LogP contribution in [0.1, 0.15) is 30.1 Å². The van der Waals surface area contributed by atoms with Crippen molar-refractivity contribution < 1.29 is 62.4 Å². The third-order valence-corrected chi connectivity index (χ3v) is 8.46. The number of hydrogen-bond donors (Lipinski definition) is 2. The Morgan fingerprint density at radius 2 is 1.81 bits per heavy atom. The van der Waals surface area contributed by atoms with Gasteiger partial charge in [-0.15, -0.1) is 0 Å². The molecule has 5 aliphatic rings. The third kappa shape index (κ3) is 4.98. The molecule has 3 fully saturated rings. The van der Waals surface area contributed by atoms with Crippen molar-refractivity contribution >= 4 is 11.8 Å². The fourth-order valence-electron chi connectivity index (χ4n) is 6.28. The monoisotopic (exact) mass is 590 g/mol. The normalized spacial score (nSPS) is 37.4. The van der Waals surface area contributed by atoms with Crippen molar-refractivity contribution in [1.29, 1.82) is 0 Å². The molecular weight excluding hydrogens is 556 g/mol. The van der Waals surface area contributed by atoms with Crippen LogP contribution in [0.4, 0.5) is 0 Å². The van der Waals surface area contributed by atoms with Gasteiger partial charge in [-0.25, -0.2) is 0 Å². The first-order valence-corrected chi connectivity index (χ1v) is 13.7. The van der Waals surface area contributed by atoms with Crippen molar-refractivity contribution in [3.05, 3.63) is 47.7 Å². The number of hydrogen-bond acceptors (Lipinski definition) is 13. The van der Waals surface area contributed by atoms with Crippen LogP contribution in [0.15, 0.2) is 36.6 Å². The second-order valence-electron chi connectivity index (χ2n) is 10.8. The lowest BCUT2D eigenvalue weighted by atomic mass is 9.68. The number of carbonyl (C=O) groups is 2. The standard InChI is InChI=1S/C29H34O13/c1-12(34-3)23(30)18(35-4)6-5-14-15-7-19-20(39-11-38-19)8-16(15)26(17-9-37-28(33)22(14)17)42-29-25(32)24(31)27-21(41-29)10-36-13(2)40-27/h5-8,13-14,17-18,21-22,24-27,29,31-32H,1,9-11H2,2-4H3/b6-5+/t13-,14-,17+,18?,21-,22-,24-,25-,26-,27-,29+/m1/s1. The predicted molar refractivity (Wildman–Crippen MR) is 139 cm³/mol. The fourth-order valence-corrected chi connectivity index (χ4v) is 6.28. The van der Waals surface area contributed by atoms with E-state index in [0.29, 0.717) is 22.6 Å². The van der Waals surface area contributed by atoms with Crippen LogP contribution in [-0.2, 0) is 42.7 Å². The van der Waals surface area contributed by atoms with Crippen molar-refractivity contribution in [3.63, 3.8) is 0 Å². The first-order chi connectivity index (χ1) is 20.2. The Hall–Kier alpha value is -3.04. The van der Waals surface area contributed by atoms with E-state index in [0.717, 1.165) is 0 Å². The van der Waals surface area contributed by atoms with Gasteiger partial charge in [-0.2, -0.15) is 0 Å². The molecule has 228 valence electrons. The summed E-state index contributed by atoms with van der Waals surface area (Å²) >= 11 is 0. The number of cyclic esters (lactones) is 1. The second-order valence-corrected chi connectivity index (χ2v) is 10.8. The molecule has 3 saturated heterocycles. The average molecular weight is 591 g/mol. The van der Waals surface area contributed by atoms with Gasteiger partial charge in [0.2, 0.25) is 12.6 Å². The van der Waals surface area contributed by atoms with Crippen LogP contribution in [-0.4, -0.2) is 99.3 Å². The van der Waals surface area contributed by atoms with E-state index in [4.69, 9.17) is 42.6 Å². The van der Waals surface area contributed by atoms with Gasteiger partial charge in [-0.3, -0.25) is 9.59 Å². The fraction of sp³-hybridized carbons (Fsp3) is 0.586. The van der Waals surface area contributed by atoms with Gasteiger partial charge in [0.15, 0.2) is 29.8 Å². The zero-order chi connectivity index (χ0) is 29.7. The van der Waals surface area contributed by atoms with Gasteiger partial charge in [0.05, 0.1) is 32.3 Å². The molecule has 1 aliphatic carbocycles. The minimum atomic E-state index is -1.44. The highest BCUT2D eigenvalue weighted by atomic mass is 16.8. The minimum Gasteiger partial charge on any atom is -0.494 e. The largest absolute Gasteiger partial charge is 0.494 e. The number of fused-ring (bicyclic) bond motifs is 4. The van der Waals surface area contributed by atoms with Crippen LogP contribution in [0.25, 0.3) is 0 Å². The zero-order valence-corrected chi connectivity index (χ0v) is 23.4. The average Bonchev–Trinajstić information content (AvgIpc) is 3.61. The summed E-state index contributed by atoms with van der Waals surface area (Å²) in [6, 6.07) is 3.55. The van der Waals surface area contributed by atoms with Crippen molar-refractivity contribution in [2.45, 2.75) is 62.0 Å². The van der Waals surface area contributed by atoms with E-state index in [1.165, 1.54) is 14.2 Å². The molecule has 6 rings (SSSR count). The SMILES string of the molecule is C=C(OC)C(=O)C(/C=C/[C@@H]1c2cc3c(cc2[C@@H](O[C@@H]2O[C@@H]4CO[C@@H](C)O[C@H]4[C@H](O)[C@H]2O)[C@H]2COC(=O)[C@@H]21)OCO3)OC. The van der Waals surface area contributed by atoms with Crippen molar-refractivity contribution in [2.24, 2.45) is 11.8 Å². The van der Waals surface area contributed by atoms with E-state index in [1.54, 1.807) is 31.2 Å². The van der Waals surface area contributed by atoms with Gasteiger partial charge in [0.25, 0.3) is 0 Å². The number of methoxy groups -OCH3 is 2. The van der Waals surface area contributed by atoms with Crippen LogP contribution >= 0.6 is 0 Å². The molecule has 0 radical (unpaired) electrons. The molecule has 0 bridgehead atoms. The lowest BCUT2D eigenvalue weighted by Crippen LogP contribution is -2.63. The van der Waals surface area contributed by atoms with Crippen LogP contribution < -0.4 is 9.47 Å². The summed E-state index contributed by atoms with van der Waals surface area (Å²) in [7, 11) is 2.73. The van der Waals surface area contributed by atoms with Crippen LogP contribution in [0.2, 0.25) is 0 Å². The molecule has 1 aromatic rings. The second kappa shape index (κ2) is 11.6. The highest BCUT2D eigenvalue weighted by Crippen LogP contribution is 2.54. The van der Waals surface area contributed by atoms with E-state index in [1.807, 2.05) is 0 Å². The molecule has 42 heavy (non-hydrogen) atoms. The number of rotatable bonds is 8. The molecule has 13 nitrogen and oxygen atoms in total. The van der Waals surface area contributed by atoms with Crippen molar-refractivity contribution in [2.75, 3.05) is 34.2 Å². The van der Waals surface area contributed by atoms with Crippen LogP contribution in [0, 0.1) is 11.8 Å². The predicted octanol–water partition coefficient (Wildman–Crippen LogP) is 0.868. The maximum Gasteiger partial charge on any atom is 0.310 e. The van der Waals surface area contributed by atoms with E-state index >= 15 is 0 Å². The maximum atomic E-state index is 13.2. The van der Waals surface area contributed by atoms with E-state index in [2.05, 4.69) is 6.58 Å². The van der Waals surface area contributed by atoms with Crippen LogP contribution in [0.5, 0.6) is 11.5 Å². The number of Topliss-reactive ketones (excluding diaryl/α,β-unsaturated/α-hetero) is 1. The molecule has 1 aromatic carbocycles. The van der Waals surface area contributed by atoms with E-state index in [-0.39, 0.29) is 25.8 Å². The Bertz CT molecular complexity index is 1260. The maximum absolute atomic E-state index is 13.2. The number of carbonyl (C=O) groups excluding carboxylic acids is 2. The van der Waals surface area contributed by atoms with Gasteiger partial charge < -0.3 is 52.8 Å². The number of aliphatic hydroxyl groups excluding tert-OH is 2. The Morgan fingerprint density at radius 3 is 2.52 bits per heavy atom. The van der Waals surface area contributed by atoms with Gasteiger partial charge >= 0.3 is 5.97 Å². The lowest BCUT2D eigenvalue weighted by Gasteiger charge is -2.47. The smallest absolute Gasteiger partial charge is 0.310 e. The number of esters is 1. The number of aliphatic hydroxyl groups is 2.